The van der Waals surface area contributed by atoms with Crippen LogP contribution in [0.5, 0.6) is 5.75 Å². The monoisotopic (exact) mass is 339 g/mol. The number of rotatable bonds is 3. The van der Waals surface area contributed by atoms with Crippen LogP contribution < -0.4 is 0 Å². The van der Waals surface area contributed by atoms with Crippen molar-refractivity contribution in [1.29, 1.82) is 0 Å². The first-order valence-corrected chi connectivity index (χ1v) is 7.43. The van der Waals surface area contributed by atoms with Crippen LogP contribution in [-0.2, 0) is 6.54 Å². The Morgan fingerprint density at radius 2 is 2.21 bits per heavy atom. The Hall–Kier alpha value is -1.33. The van der Waals surface area contributed by atoms with Crippen molar-refractivity contribution in [2.45, 2.75) is 13.5 Å². The van der Waals surface area contributed by atoms with E-state index in [1.165, 1.54) is 0 Å². The summed E-state index contributed by atoms with van der Waals surface area (Å²) in [6.45, 7) is 2.31. The minimum Gasteiger partial charge on any atom is -0.507 e. The lowest BCUT2D eigenvalue weighted by Gasteiger charge is -2.17. The Bertz CT molecular complexity index is 609. The lowest BCUT2D eigenvalue weighted by atomic mass is 10.1. The molecule has 5 heteroatoms. The highest BCUT2D eigenvalue weighted by Crippen LogP contribution is 2.25. The largest absolute Gasteiger partial charge is 0.507 e. The molecule has 0 aliphatic carbocycles. The molecule has 0 aliphatic heterocycles. The molecular formula is C14H14BrNO2S. The average Bonchev–Trinajstić information content (AvgIpc) is 2.77. The molecule has 0 fully saturated rings. The van der Waals surface area contributed by atoms with Gasteiger partial charge in [0.15, 0.2) is 0 Å². The number of aryl methyl sites for hydroxylation is 1. The number of benzene rings is 1. The van der Waals surface area contributed by atoms with Gasteiger partial charge in [0, 0.05) is 21.8 Å². The Balaban J connectivity index is 2.17. The van der Waals surface area contributed by atoms with Gasteiger partial charge in [0.2, 0.25) is 0 Å². The first-order valence-electron chi connectivity index (χ1n) is 5.76. The van der Waals surface area contributed by atoms with E-state index in [1.54, 1.807) is 48.4 Å². The number of nitrogens with zero attached hydrogens (tertiary/aromatic N) is 1. The number of carbonyl (C=O) groups excluding carboxylic acids is 1. The van der Waals surface area contributed by atoms with Crippen LogP contribution in [0.4, 0.5) is 0 Å². The Labute approximate surface area is 124 Å². The number of amides is 1. The smallest absolute Gasteiger partial charge is 0.257 e. The topological polar surface area (TPSA) is 40.5 Å². The summed E-state index contributed by atoms with van der Waals surface area (Å²) in [4.78, 5) is 15.0. The number of phenols is 1. The van der Waals surface area contributed by atoms with Gasteiger partial charge in [0.05, 0.1) is 12.1 Å². The van der Waals surface area contributed by atoms with Crippen LogP contribution in [0.1, 0.15) is 20.8 Å². The molecule has 1 amide bonds. The van der Waals surface area contributed by atoms with Gasteiger partial charge in [0.1, 0.15) is 5.75 Å². The maximum atomic E-state index is 12.3. The van der Waals surface area contributed by atoms with Gasteiger partial charge in [-0.25, -0.2) is 0 Å². The fraction of sp³-hybridized carbons (Fsp3) is 0.214. The highest BCUT2D eigenvalue weighted by Gasteiger charge is 2.17. The van der Waals surface area contributed by atoms with Gasteiger partial charge in [-0.15, -0.1) is 11.3 Å². The van der Waals surface area contributed by atoms with E-state index in [0.717, 1.165) is 9.35 Å². The molecule has 1 aromatic heterocycles. The zero-order valence-electron chi connectivity index (χ0n) is 10.7. The summed E-state index contributed by atoms with van der Waals surface area (Å²) in [6.07, 6.45) is 0. The summed E-state index contributed by atoms with van der Waals surface area (Å²) in [6, 6.07) is 7.19. The number of carbonyl (C=O) groups is 1. The molecule has 0 unspecified atom stereocenters. The molecule has 100 valence electrons. The molecule has 0 bridgehead atoms. The van der Waals surface area contributed by atoms with Crippen LogP contribution in [0.25, 0.3) is 0 Å². The third kappa shape index (κ3) is 3.16. The quantitative estimate of drug-likeness (QED) is 0.923. The number of thiophene rings is 1. The van der Waals surface area contributed by atoms with Crippen molar-refractivity contribution in [2.75, 3.05) is 7.05 Å². The summed E-state index contributed by atoms with van der Waals surface area (Å²) < 4.78 is 1.02. The van der Waals surface area contributed by atoms with Crippen LogP contribution in [0.15, 0.2) is 34.1 Å². The summed E-state index contributed by atoms with van der Waals surface area (Å²) in [7, 11) is 1.73. The standard InChI is InChI=1S/C14H14BrNO2S/c1-9-4-3-5-12(13(9)17)14(18)16(2)7-11-6-10(15)8-19-11/h3-6,8,17H,7H2,1-2H3. The molecule has 0 aliphatic rings. The molecule has 0 saturated heterocycles. The van der Waals surface area contributed by atoms with Crippen LogP contribution >= 0.6 is 27.3 Å². The second-order valence-electron chi connectivity index (χ2n) is 4.36. The van der Waals surface area contributed by atoms with Gasteiger partial charge in [-0.3, -0.25) is 4.79 Å². The van der Waals surface area contributed by atoms with Crippen LogP contribution in [0.2, 0.25) is 0 Å². The predicted molar refractivity (Wildman–Crippen MR) is 80.7 cm³/mol. The molecule has 1 aromatic carbocycles. The lowest BCUT2D eigenvalue weighted by molar-refractivity contribution is 0.0783. The number of halogens is 1. The first kappa shape index (κ1) is 14.1. The second-order valence-corrected chi connectivity index (χ2v) is 6.27. The third-order valence-electron chi connectivity index (χ3n) is 2.83. The molecule has 0 spiro atoms. The molecule has 0 atom stereocenters. The van der Waals surface area contributed by atoms with E-state index in [2.05, 4.69) is 15.9 Å². The number of para-hydroxylation sites is 1. The van der Waals surface area contributed by atoms with Crippen LogP contribution in [-0.4, -0.2) is 23.0 Å². The van der Waals surface area contributed by atoms with Crippen LogP contribution in [0, 0.1) is 6.92 Å². The van der Waals surface area contributed by atoms with Crippen molar-refractivity contribution in [3.05, 3.63) is 50.1 Å². The number of hydrogen-bond acceptors (Lipinski definition) is 3. The van der Waals surface area contributed by atoms with Gasteiger partial charge >= 0.3 is 0 Å². The zero-order valence-corrected chi connectivity index (χ0v) is 13.1. The maximum absolute atomic E-state index is 12.3. The van der Waals surface area contributed by atoms with E-state index < -0.39 is 0 Å². The van der Waals surface area contributed by atoms with Crippen molar-refractivity contribution in [3.8, 4) is 5.75 Å². The van der Waals surface area contributed by atoms with Crippen molar-refractivity contribution >= 4 is 33.2 Å². The van der Waals surface area contributed by atoms with Gasteiger partial charge in [0.25, 0.3) is 5.91 Å². The summed E-state index contributed by atoms with van der Waals surface area (Å²) in [5.74, 6) is -0.113. The SMILES string of the molecule is Cc1cccc(C(=O)N(C)Cc2cc(Br)cs2)c1O. The normalized spacial score (nSPS) is 10.5. The van der Waals surface area contributed by atoms with Gasteiger partial charge < -0.3 is 10.0 Å². The molecular weight excluding hydrogens is 326 g/mol. The van der Waals surface area contributed by atoms with E-state index in [1.807, 2.05) is 11.4 Å². The molecule has 1 N–H and O–H groups in total. The zero-order chi connectivity index (χ0) is 14.0. The van der Waals surface area contributed by atoms with Gasteiger partial charge in [-0.2, -0.15) is 0 Å². The third-order valence-corrected chi connectivity index (χ3v) is 4.51. The minimum atomic E-state index is -0.175. The molecule has 0 saturated carbocycles. The Morgan fingerprint density at radius 3 is 2.84 bits per heavy atom. The molecule has 2 rings (SSSR count). The van der Waals surface area contributed by atoms with Crippen molar-refractivity contribution in [3.63, 3.8) is 0 Å². The number of aromatic hydroxyl groups is 1. The molecule has 3 nitrogen and oxygen atoms in total. The summed E-state index contributed by atoms with van der Waals surface area (Å²) in [5.41, 5.74) is 1.05. The summed E-state index contributed by atoms with van der Waals surface area (Å²) in [5, 5.41) is 11.9. The number of hydrogen-bond donors (Lipinski definition) is 1. The molecule has 0 radical (unpaired) electrons. The second kappa shape index (κ2) is 5.75. The van der Waals surface area contributed by atoms with E-state index in [0.29, 0.717) is 17.7 Å². The van der Waals surface area contributed by atoms with Gasteiger partial charge in [-0.1, -0.05) is 12.1 Å². The maximum Gasteiger partial charge on any atom is 0.257 e. The first-order chi connectivity index (χ1) is 8.99. The van der Waals surface area contributed by atoms with Crippen LogP contribution in [0.3, 0.4) is 0 Å². The van der Waals surface area contributed by atoms with Crippen molar-refractivity contribution in [1.82, 2.24) is 4.90 Å². The van der Waals surface area contributed by atoms with E-state index in [9.17, 15) is 9.90 Å². The molecule has 1 heterocycles. The average molecular weight is 340 g/mol. The Kier molecular flexibility index (Phi) is 4.27. The predicted octanol–water partition coefficient (Wildman–Crippen LogP) is 3.80. The Morgan fingerprint density at radius 1 is 1.47 bits per heavy atom. The number of phenolic OH excluding ortho intramolecular Hbond substituents is 1. The molecule has 2 aromatic rings. The lowest BCUT2D eigenvalue weighted by Crippen LogP contribution is -2.25. The van der Waals surface area contributed by atoms with E-state index >= 15 is 0 Å². The van der Waals surface area contributed by atoms with Gasteiger partial charge in [-0.05, 0) is 40.5 Å². The van der Waals surface area contributed by atoms with Crippen molar-refractivity contribution in [2.24, 2.45) is 0 Å². The highest BCUT2D eigenvalue weighted by molar-refractivity contribution is 9.10. The fourth-order valence-corrected chi connectivity index (χ4v) is 3.28. The molecule has 19 heavy (non-hydrogen) atoms. The van der Waals surface area contributed by atoms with E-state index in [4.69, 9.17) is 0 Å². The highest BCUT2D eigenvalue weighted by atomic mass is 79.9. The minimum absolute atomic E-state index is 0.0618. The summed E-state index contributed by atoms with van der Waals surface area (Å²) >= 11 is 4.99. The van der Waals surface area contributed by atoms with E-state index in [-0.39, 0.29) is 11.7 Å². The van der Waals surface area contributed by atoms with Crippen molar-refractivity contribution < 1.29 is 9.90 Å². The fourth-order valence-electron chi connectivity index (χ4n) is 1.78.